The van der Waals surface area contributed by atoms with E-state index >= 15 is 0 Å². The van der Waals surface area contributed by atoms with Gasteiger partial charge in [0.1, 0.15) is 0 Å². The Morgan fingerprint density at radius 3 is 2.55 bits per heavy atom. The first-order valence-electron chi connectivity index (χ1n) is 3.39. The SMILES string of the molecule is CCNC(C)COP(=O)(O)O. The van der Waals surface area contributed by atoms with Crippen LogP contribution in [0.4, 0.5) is 0 Å². The predicted octanol–water partition coefficient (Wildman–Crippen LogP) is 0.0937. The number of hydrogen-bond acceptors (Lipinski definition) is 3. The molecule has 0 aliphatic carbocycles. The maximum absolute atomic E-state index is 10.2. The predicted molar refractivity (Wildman–Crippen MR) is 41.1 cm³/mol. The second-order valence-electron chi connectivity index (χ2n) is 2.25. The Balaban J connectivity index is 3.46. The minimum Gasteiger partial charge on any atom is -0.312 e. The summed E-state index contributed by atoms with van der Waals surface area (Å²) in [6, 6.07) is -0.0346. The summed E-state index contributed by atoms with van der Waals surface area (Å²) in [5.74, 6) is 0. The molecule has 6 heteroatoms. The number of nitrogens with one attached hydrogen (secondary N) is 1. The minimum atomic E-state index is -4.28. The molecule has 0 amide bonds. The van der Waals surface area contributed by atoms with Crippen LogP contribution in [0.25, 0.3) is 0 Å². The van der Waals surface area contributed by atoms with Crippen molar-refractivity contribution in [2.45, 2.75) is 19.9 Å². The Morgan fingerprint density at radius 1 is 1.64 bits per heavy atom. The molecule has 1 atom stereocenters. The summed E-state index contributed by atoms with van der Waals surface area (Å²) in [5, 5.41) is 2.95. The zero-order valence-electron chi connectivity index (χ0n) is 6.65. The molecule has 0 fully saturated rings. The van der Waals surface area contributed by atoms with Crippen LogP contribution in [0.3, 0.4) is 0 Å². The van der Waals surface area contributed by atoms with Crippen molar-refractivity contribution in [1.29, 1.82) is 0 Å². The van der Waals surface area contributed by atoms with E-state index < -0.39 is 7.82 Å². The van der Waals surface area contributed by atoms with Crippen molar-refractivity contribution < 1.29 is 18.9 Å². The van der Waals surface area contributed by atoms with Gasteiger partial charge in [0.25, 0.3) is 0 Å². The van der Waals surface area contributed by atoms with Crippen molar-refractivity contribution in [2.75, 3.05) is 13.2 Å². The maximum atomic E-state index is 10.2. The Kier molecular flexibility index (Phi) is 4.88. The fraction of sp³-hybridized carbons (Fsp3) is 1.00. The Hall–Kier alpha value is 0.0700. The molecular formula is C5H14NO4P. The molecule has 0 aromatic rings. The molecule has 0 heterocycles. The standard InChI is InChI=1S/C5H14NO4P/c1-3-6-5(2)4-10-11(7,8)9/h5-6H,3-4H2,1-2H3,(H2,7,8,9). The highest BCUT2D eigenvalue weighted by atomic mass is 31.2. The first kappa shape index (κ1) is 11.1. The monoisotopic (exact) mass is 183 g/mol. The Morgan fingerprint density at radius 2 is 2.18 bits per heavy atom. The number of phosphoric acid groups is 1. The quantitative estimate of drug-likeness (QED) is 0.526. The van der Waals surface area contributed by atoms with Gasteiger partial charge in [0, 0.05) is 6.04 Å². The van der Waals surface area contributed by atoms with Gasteiger partial charge in [0.2, 0.25) is 0 Å². The topological polar surface area (TPSA) is 78.8 Å². The summed E-state index contributed by atoms with van der Waals surface area (Å²) in [6.45, 7) is 4.48. The maximum Gasteiger partial charge on any atom is 0.469 e. The van der Waals surface area contributed by atoms with Gasteiger partial charge in [-0.05, 0) is 13.5 Å². The molecule has 0 aliphatic rings. The minimum absolute atomic E-state index is 0.0259. The van der Waals surface area contributed by atoms with Crippen molar-refractivity contribution in [1.82, 2.24) is 5.32 Å². The largest absolute Gasteiger partial charge is 0.469 e. The number of hydrogen-bond donors (Lipinski definition) is 3. The molecule has 0 aliphatic heterocycles. The van der Waals surface area contributed by atoms with Crippen molar-refractivity contribution >= 4 is 7.82 Å². The molecule has 0 saturated heterocycles. The number of phosphoric ester groups is 1. The van der Waals surface area contributed by atoms with Gasteiger partial charge < -0.3 is 15.1 Å². The second kappa shape index (κ2) is 4.85. The molecule has 11 heavy (non-hydrogen) atoms. The molecule has 68 valence electrons. The van der Waals surface area contributed by atoms with Crippen LogP contribution in [0, 0.1) is 0 Å². The van der Waals surface area contributed by atoms with E-state index in [-0.39, 0.29) is 12.6 Å². The number of likely N-dealkylation sites (N-methyl/N-ethyl adjacent to an activating group) is 1. The van der Waals surface area contributed by atoms with Crippen LogP contribution in [-0.4, -0.2) is 29.0 Å². The van der Waals surface area contributed by atoms with Crippen LogP contribution in [0.15, 0.2) is 0 Å². The highest BCUT2D eigenvalue weighted by molar-refractivity contribution is 7.46. The lowest BCUT2D eigenvalue weighted by Crippen LogP contribution is -2.29. The first-order chi connectivity index (χ1) is 4.95. The molecule has 0 saturated carbocycles. The van der Waals surface area contributed by atoms with Gasteiger partial charge in [0.05, 0.1) is 6.61 Å². The molecule has 0 radical (unpaired) electrons. The van der Waals surface area contributed by atoms with Gasteiger partial charge in [-0.15, -0.1) is 0 Å². The molecule has 0 bridgehead atoms. The van der Waals surface area contributed by atoms with Crippen LogP contribution in [0.2, 0.25) is 0 Å². The fourth-order valence-corrected chi connectivity index (χ4v) is 1.03. The van der Waals surface area contributed by atoms with Gasteiger partial charge in [0.15, 0.2) is 0 Å². The van der Waals surface area contributed by atoms with Crippen molar-refractivity contribution in [3.05, 3.63) is 0 Å². The van der Waals surface area contributed by atoms with Gasteiger partial charge in [-0.3, -0.25) is 4.52 Å². The van der Waals surface area contributed by atoms with Gasteiger partial charge in [-0.1, -0.05) is 6.92 Å². The molecular weight excluding hydrogens is 169 g/mol. The van der Waals surface area contributed by atoms with Gasteiger partial charge in [-0.25, -0.2) is 4.57 Å². The Labute approximate surface area is 66.0 Å². The highest BCUT2D eigenvalue weighted by Crippen LogP contribution is 2.35. The zero-order valence-corrected chi connectivity index (χ0v) is 7.54. The smallest absolute Gasteiger partial charge is 0.312 e. The molecule has 5 nitrogen and oxygen atoms in total. The summed E-state index contributed by atoms with van der Waals surface area (Å²) in [5.41, 5.74) is 0. The lowest BCUT2D eigenvalue weighted by molar-refractivity contribution is 0.181. The van der Waals surface area contributed by atoms with Gasteiger partial charge >= 0.3 is 7.82 Å². The molecule has 0 aromatic carbocycles. The van der Waals surface area contributed by atoms with E-state index in [1.807, 2.05) is 6.92 Å². The van der Waals surface area contributed by atoms with E-state index in [4.69, 9.17) is 9.79 Å². The zero-order chi connectivity index (χ0) is 8.91. The average molecular weight is 183 g/mol. The third kappa shape index (κ3) is 7.97. The third-order valence-electron chi connectivity index (χ3n) is 1.05. The molecule has 3 N–H and O–H groups in total. The Bertz CT molecular complexity index is 145. The highest BCUT2D eigenvalue weighted by Gasteiger charge is 2.14. The van der Waals surface area contributed by atoms with Crippen molar-refractivity contribution in [2.24, 2.45) is 0 Å². The summed E-state index contributed by atoms with van der Waals surface area (Å²) in [7, 11) is -4.28. The summed E-state index contributed by atoms with van der Waals surface area (Å²) >= 11 is 0. The van der Waals surface area contributed by atoms with E-state index in [0.29, 0.717) is 0 Å². The molecule has 1 unspecified atom stereocenters. The summed E-state index contributed by atoms with van der Waals surface area (Å²) < 4.78 is 14.4. The van der Waals surface area contributed by atoms with Gasteiger partial charge in [-0.2, -0.15) is 0 Å². The second-order valence-corrected chi connectivity index (χ2v) is 3.48. The number of rotatable bonds is 5. The normalized spacial score (nSPS) is 14.9. The lowest BCUT2D eigenvalue weighted by Gasteiger charge is -2.12. The summed E-state index contributed by atoms with van der Waals surface area (Å²) in [6.07, 6.45) is 0. The molecule has 0 rings (SSSR count). The summed E-state index contributed by atoms with van der Waals surface area (Å²) in [4.78, 5) is 16.6. The lowest BCUT2D eigenvalue weighted by atomic mass is 10.4. The van der Waals surface area contributed by atoms with Crippen molar-refractivity contribution in [3.63, 3.8) is 0 Å². The average Bonchev–Trinajstić information content (AvgIpc) is 1.83. The van der Waals surface area contributed by atoms with E-state index in [0.717, 1.165) is 6.54 Å². The van der Waals surface area contributed by atoms with Crippen LogP contribution in [0.5, 0.6) is 0 Å². The first-order valence-corrected chi connectivity index (χ1v) is 4.92. The molecule has 0 aromatic heterocycles. The van der Waals surface area contributed by atoms with Crippen LogP contribution in [0.1, 0.15) is 13.8 Å². The van der Waals surface area contributed by atoms with Crippen LogP contribution in [-0.2, 0) is 9.09 Å². The van der Waals surface area contributed by atoms with E-state index in [1.165, 1.54) is 0 Å². The van der Waals surface area contributed by atoms with Crippen molar-refractivity contribution in [3.8, 4) is 0 Å². The van der Waals surface area contributed by atoms with Crippen LogP contribution < -0.4 is 5.32 Å². The van der Waals surface area contributed by atoms with E-state index in [9.17, 15) is 4.57 Å². The molecule has 0 spiro atoms. The fourth-order valence-electron chi connectivity index (χ4n) is 0.616. The van der Waals surface area contributed by atoms with E-state index in [2.05, 4.69) is 9.84 Å². The third-order valence-corrected chi connectivity index (χ3v) is 1.53. The van der Waals surface area contributed by atoms with E-state index in [1.54, 1.807) is 6.92 Å². The van der Waals surface area contributed by atoms with Crippen LogP contribution >= 0.6 is 7.82 Å².